The topological polar surface area (TPSA) is 117 Å². The Morgan fingerprint density at radius 1 is 1.13 bits per heavy atom. The normalized spacial score (nSPS) is 23.7. The minimum absolute atomic E-state index is 0.0570. The zero-order chi connectivity index (χ0) is 27.1. The quantitative estimate of drug-likeness (QED) is 0.402. The summed E-state index contributed by atoms with van der Waals surface area (Å²) in [4.78, 5) is 17.0. The van der Waals surface area contributed by atoms with Gasteiger partial charge in [0.25, 0.3) is 5.91 Å². The van der Waals surface area contributed by atoms with Gasteiger partial charge in [-0.25, -0.2) is 13.4 Å². The molecule has 0 aromatic carbocycles. The number of nitrogens with one attached hydrogen (secondary N) is 3. The molecule has 2 saturated carbocycles. The summed E-state index contributed by atoms with van der Waals surface area (Å²) in [5.74, 6) is 0.0428. The van der Waals surface area contributed by atoms with Crippen molar-refractivity contribution in [3.8, 4) is 0 Å². The van der Waals surface area contributed by atoms with Crippen LogP contribution < -0.4 is 16.0 Å². The fourth-order valence-electron chi connectivity index (χ4n) is 4.99. The third kappa shape index (κ3) is 6.66. The zero-order valence-corrected chi connectivity index (χ0v) is 21.7. The lowest BCUT2D eigenvalue weighted by molar-refractivity contribution is -0.130. The summed E-state index contributed by atoms with van der Waals surface area (Å²) in [7, 11) is -3.75. The molecule has 1 saturated heterocycles. The van der Waals surface area contributed by atoms with Crippen molar-refractivity contribution < 1.29 is 26.4 Å². The van der Waals surface area contributed by atoms with E-state index >= 15 is 0 Å². The molecule has 206 valence electrons. The second kappa shape index (κ2) is 10.2. The molecule has 1 amide bonds. The van der Waals surface area contributed by atoms with Crippen molar-refractivity contribution in [1.82, 2.24) is 19.9 Å². The molecule has 3 fully saturated rings. The molecule has 0 bridgehead atoms. The molecule has 0 unspecified atom stereocenters. The Labute approximate surface area is 218 Å². The Hall–Kier alpha value is -3.09. The van der Waals surface area contributed by atoms with Crippen LogP contribution in [-0.4, -0.2) is 58.7 Å². The minimum atomic E-state index is -4.47. The molecule has 2 aromatic heterocycles. The van der Waals surface area contributed by atoms with Gasteiger partial charge < -0.3 is 16.0 Å². The minimum Gasteiger partial charge on any atom is -0.367 e. The van der Waals surface area contributed by atoms with Gasteiger partial charge in [0, 0.05) is 41.4 Å². The third-order valence-electron chi connectivity index (χ3n) is 7.13. The van der Waals surface area contributed by atoms with Gasteiger partial charge in [0.1, 0.15) is 11.6 Å². The summed E-state index contributed by atoms with van der Waals surface area (Å²) >= 11 is 0. The van der Waals surface area contributed by atoms with Crippen molar-refractivity contribution in [3.05, 3.63) is 35.7 Å². The van der Waals surface area contributed by atoms with Crippen molar-refractivity contribution in [3.63, 3.8) is 0 Å². The number of hydrogen-bond donors (Lipinski definition) is 3. The number of amides is 1. The van der Waals surface area contributed by atoms with Crippen LogP contribution in [0.3, 0.4) is 0 Å². The molecule has 0 atom stereocenters. The monoisotopic (exact) mass is 552 g/mol. The number of aromatic nitrogens is 3. The van der Waals surface area contributed by atoms with E-state index in [4.69, 9.17) is 4.98 Å². The van der Waals surface area contributed by atoms with Crippen LogP contribution in [0, 0.1) is 5.92 Å². The Balaban J connectivity index is 1.28. The molecular weight excluding hydrogens is 521 g/mol. The highest BCUT2D eigenvalue weighted by molar-refractivity contribution is 7.91. The zero-order valence-electron chi connectivity index (χ0n) is 20.9. The van der Waals surface area contributed by atoms with E-state index < -0.39 is 28.2 Å². The predicted octanol–water partition coefficient (Wildman–Crippen LogP) is 4.06. The molecular formula is C25H31F3N6O3S. The molecule has 3 N–H and O–H groups in total. The van der Waals surface area contributed by atoms with Crippen LogP contribution in [0.4, 0.5) is 24.8 Å². The average molecular weight is 553 g/mol. The summed E-state index contributed by atoms with van der Waals surface area (Å²) in [6, 6.07) is 2.33. The number of carbonyl (C=O) groups excluding carboxylic acids is 1. The largest absolute Gasteiger partial charge is 0.390 e. The van der Waals surface area contributed by atoms with Gasteiger partial charge in [-0.15, -0.1) is 0 Å². The summed E-state index contributed by atoms with van der Waals surface area (Å²) in [6.45, 7) is 3.82. The molecule has 13 heteroatoms. The molecule has 3 heterocycles. The Morgan fingerprint density at radius 2 is 1.82 bits per heavy atom. The van der Waals surface area contributed by atoms with Crippen LogP contribution >= 0.6 is 0 Å². The predicted molar refractivity (Wildman–Crippen MR) is 138 cm³/mol. The second-order valence-electron chi connectivity index (χ2n) is 10.5. The summed E-state index contributed by atoms with van der Waals surface area (Å²) < 4.78 is 63.4. The number of alkyl halides is 3. The number of fused-ring (bicyclic) bond motifs is 1. The van der Waals surface area contributed by atoms with E-state index in [2.05, 4.69) is 27.6 Å². The maximum atomic E-state index is 12.4. The van der Waals surface area contributed by atoms with Crippen molar-refractivity contribution in [1.29, 1.82) is 0 Å². The van der Waals surface area contributed by atoms with Crippen molar-refractivity contribution in [2.75, 3.05) is 22.1 Å². The van der Waals surface area contributed by atoms with Gasteiger partial charge in [-0.05, 0) is 50.5 Å². The van der Waals surface area contributed by atoms with Crippen LogP contribution in [0.2, 0.25) is 0 Å². The summed E-state index contributed by atoms with van der Waals surface area (Å²) in [6.07, 6.45) is 2.87. The number of nitrogens with zero attached hydrogens (tertiary/aromatic N) is 3. The lowest BCUT2D eigenvalue weighted by atomic mass is 9.87. The molecule has 2 aliphatic carbocycles. The van der Waals surface area contributed by atoms with E-state index in [1.165, 1.54) is 0 Å². The van der Waals surface area contributed by atoms with Gasteiger partial charge in [0.2, 0.25) is 0 Å². The first-order valence-corrected chi connectivity index (χ1v) is 14.6. The number of rotatable bonds is 9. The van der Waals surface area contributed by atoms with E-state index in [1.54, 1.807) is 16.8 Å². The van der Waals surface area contributed by atoms with E-state index in [1.807, 2.05) is 6.07 Å². The van der Waals surface area contributed by atoms with E-state index in [-0.39, 0.29) is 23.6 Å². The van der Waals surface area contributed by atoms with Gasteiger partial charge in [-0.1, -0.05) is 6.58 Å². The number of carbonyl (C=O) groups is 1. The highest BCUT2D eigenvalue weighted by Gasteiger charge is 2.32. The fourth-order valence-corrected chi connectivity index (χ4v) is 6.75. The number of halogens is 3. The molecule has 38 heavy (non-hydrogen) atoms. The standard InChI is InChI=1S/C25H31F3N6O3S/c1-15-10-17(24(35)30-15)11-18-13-29-34-22(32-20-6-7-20)12-21(33-23(18)34)31-19-4-2-16(3-5-19)14-38(36,37)9-8-25(26,27)28/h11-13,16,19-20,32H,1-10,14H2,(H,30,35)(H,31,33)/b17-11+. The lowest BCUT2D eigenvalue weighted by Gasteiger charge is -2.29. The van der Waals surface area contributed by atoms with Gasteiger partial charge in [0.15, 0.2) is 15.5 Å². The SMILES string of the molecule is C=C1C/C(=C\c2cnn3c(NC4CC4)cc(NC4CCC(CS(=O)(=O)CCC(F)(F)F)CC4)nc23)C(=O)N1. The number of anilines is 2. The highest BCUT2D eigenvalue weighted by Crippen LogP contribution is 2.31. The molecule has 2 aromatic rings. The first kappa shape index (κ1) is 26.5. The van der Waals surface area contributed by atoms with Crippen LogP contribution in [0.25, 0.3) is 11.7 Å². The van der Waals surface area contributed by atoms with E-state index in [0.717, 1.165) is 18.7 Å². The second-order valence-corrected chi connectivity index (χ2v) is 12.8. The molecule has 9 nitrogen and oxygen atoms in total. The molecule has 1 aliphatic heterocycles. The maximum absolute atomic E-state index is 12.4. The summed E-state index contributed by atoms with van der Waals surface area (Å²) in [5.41, 5.74) is 2.54. The maximum Gasteiger partial charge on any atom is 0.390 e. The fraction of sp³-hybridized carbons (Fsp3) is 0.560. The van der Waals surface area contributed by atoms with E-state index in [9.17, 15) is 26.4 Å². The first-order chi connectivity index (χ1) is 17.9. The smallest absolute Gasteiger partial charge is 0.367 e. The van der Waals surface area contributed by atoms with Crippen molar-refractivity contribution in [2.45, 2.75) is 69.6 Å². The van der Waals surface area contributed by atoms with Gasteiger partial charge in [0.05, 0.1) is 24.1 Å². The Morgan fingerprint density at radius 3 is 2.45 bits per heavy atom. The van der Waals surface area contributed by atoms with Crippen LogP contribution in [-0.2, 0) is 14.6 Å². The molecule has 3 aliphatic rings. The summed E-state index contributed by atoms with van der Waals surface area (Å²) in [5, 5.41) is 14.1. The number of hydrogen-bond acceptors (Lipinski definition) is 7. The molecule has 0 radical (unpaired) electrons. The van der Waals surface area contributed by atoms with Gasteiger partial charge in [-0.3, -0.25) is 4.79 Å². The number of allylic oxidation sites excluding steroid dienone is 1. The van der Waals surface area contributed by atoms with E-state index in [0.29, 0.717) is 66.4 Å². The Kier molecular flexibility index (Phi) is 7.14. The molecule has 5 rings (SSSR count). The third-order valence-corrected chi connectivity index (χ3v) is 8.93. The van der Waals surface area contributed by atoms with Gasteiger partial charge >= 0.3 is 6.18 Å². The van der Waals surface area contributed by atoms with Crippen molar-refractivity contribution >= 4 is 39.1 Å². The van der Waals surface area contributed by atoms with Crippen LogP contribution in [0.5, 0.6) is 0 Å². The van der Waals surface area contributed by atoms with Crippen LogP contribution in [0.1, 0.15) is 56.9 Å². The molecule has 0 spiro atoms. The van der Waals surface area contributed by atoms with Crippen molar-refractivity contribution in [2.24, 2.45) is 5.92 Å². The highest BCUT2D eigenvalue weighted by atomic mass is 32.2. The average Bonchev–Trinajstić information content (AvgIpc) is 3.47. The lowest BCUT2D eigenvalue weighted by Crippen LogP contribution is -2.30. The first-order valence-electron chi connectivity index (χ1n) is 12.8. The van der Waals surface area contributed by atoms with Crippen LogP contribution in [0.15, 0.2) is 30.1 Å². The van der Waals surface area contributed by atoms with Gasteiger partial charge in [-0.2, -0.15) is 22.8 Å². The Bertz CT molecular complexity index is 1370. The number of sulfone groups is 1.